The summed E-state index contributed by atoms with van der Waals surface area (Å²) in [7, 11) is 0. The van der Waals surface area contributed by atoms with E-state index in [0.717, 1.165) is 9.79 Å². The minimum Gasteiger partial charge on any atom is -0.268 e. The molecule has 3 aromatic carbocycles. The third-order valence-electron chi connectivity index (χ3n) is 3.94. The number of fused-ring (bicyclic) bond motifs is 1. The average Bonchev–Trinajstić information content (AvgIpc) is 2.89. The zero-order valence-electron chi connectivity index (χ0n) is 13.0. The van der Waals surface area contributed by atoms with E-state index in [0.29, 0.717) is 21.8 Å². The fourth-order valence-electron chi connectivity index (χ4n) is 2.73. The van der Waals surface area contributed by atoms with Crippen molar-refractivity contribution in [3.8, 4) is 0 Å². The Morgan fingerprint density at radius 2 is 1.16 bits per heavy atom. The van der Waals surface area contributed by atoms with Gasteiger partial charge in [0, 0.05) is 14.8 Å². The Morgan fingerprint density at radius 1 is 0.680 bits per heavy atom. The van der Waals surface area contributed by atoms with Gasteiger partial charge in [0.25, 0.3) is 11.8 Å². The number of carbonyl (C=O) groups excluding carboxylic acids is 2. The van der Waals surface area contributed by atoms with E-state index in [1.807, 2.05) is 36.4 Å². The van der Waals surface area contributed by atoms with E-state index in [1.165, 1.54) is 4.90 Å². The van der Waals surface area contributed by atoms with Crippen LogP contribution in [0.1, 0.15) is 20.7 Å². The number of nitrogens with zero attached hydrogens (tertiary/aromatic N) is 1. The molecule has 2 amide bonds. The molecule has 0 aromatic heterocycles. The van der Waals surface area contributed by atoms with E-state index in [4.69, 9.17) is 11.6 Å². The van der Waals surface area contributed by atoms with Gasteiger partial charge in [-0.25, -0.2) is 4.90 Å². The van der Waals surface area contributed by atoms with Gasteiger partial charge >= 0.3 is 0 Å². The normalized spacial score (nSPS) is 13.2. The molecule has 4 rings (SSSR count). The second kappa shape index (κ2) is 6.39. The molecule has 1 aliphatic heterocycles. The molecule has 0 N–H and O–H groups in total. The predicted molar refractivity (Wildman–Crippen MR) is 99.6 cm³/mol. The third-order valence-corrected chi connectivity index (χ3v) is 5.21. The van der Waals surface area contributed by atoms with Crippen LogP contribution in [-0.2, 0) is 0 Å². The molecular weight excluding hydrogens is 354 g/mol. The van der Waals surface area contributed by atoms with E-state index in [9.17, 15) is 9.59 Å². The quantitative estimate of drug-likeness (QED) is 0.591. The van der Waals surface area contributed by atoms with Crippen LogP contribution < -0.4 is 4.90 Å². The minimum atomic E-state index is -0.279. The van der Waals surface area contributed by atoms with Crippen molar-refractivity contribution in [3.05, 3.63) is 88.9 Å². The molecular formula is C20H12ClNO2S. The maximum Gasteiger partial charge on any atom is 0.266 e. The van der Waals surface area contributed by atoms with Crippen LogP contribution in [-0.4, -0.2) is 11.8 Å². The van der Waals surface area contributed by atoms with Gasteiger partial charge in [0.2, 0.25) is 0 Å². The van der Waals surface area contributed by atoms with Crippen molar-refractivity contribution in [1.82, 2.24) is 0 Å². The highest BCUT2D eigenvalue weighted by Gasteiger charge is 2.36. The van der Waals surface area contributed by atoms with E-state index in [2.05, 4.69) is 0 Å². The molecule has 0 spiro atoms. The summed E-state index contributed by atoms with van der Waals surface area (Å²) in [5.74, 6) is -0.558. The Balaban J connectivity index is 1.58. The van der Waals surface area contributed by atoms with Gasteiger partial charge in [-0.3, -0.25) is 9.59 Å². The molecule has 0 radical (unpaired) electrons. The van der Waals surface area contributed by atoms with Gasteiger partial charge in [0.05, 0.1) is 16.8 Å². The predicted octanol–water partition coefficient (Wildman–Crippen LogP) is 5.29. The van der Waals surface area contributed by atoms with Crippen LogP contribution in [0.5, 0.6) is 0 Å². The summed E-state index contributed by atoms with van der Waals surface area (Å²) in [6, 6.07) is 21.9. The fourth-order valence-corrected chi connectivity index (χ4v) is 3.67. The molecule has 0 fully saturated rings. The number of amides is 2. The third kappa shape index (κ3) is 2.95. The van der Waals surface area contributed by atoms with Crippen molar-refractivity contribution in [3.63, 3.8) is 0 Å². The number of benzene rings is 3. The summed E-state index contributed by atoms with van der Waals surface area (Å²) >= 11 is 7.48. The van der Waals surface area contributed by atoms with Crippen molar-refractivity contribution in [2.75, 3.05) is 4.90 Å². The average molecular weight is 366 g/mol. The maximum absolute atomic E-state index is 12.5. The minimum absolute atomic E-state index is 0.279. The van der Waals surface area contributed by atoms with Crippen LogP contribution >= 0.6 is 23.4 Å². The molecule has 3 nitrogen and oxygen atoms in total. The number of rotatable bonds is 3. The SMILES string of the molecule is O=C1c2ccccc2C(=O)N1c1ccc(Sc2ccc(Cl)cc2)cc1. The summed E-state index contributed by atoms with van der Waals surface area (Å²) in [6.45, 7) is 0. The monoisotopic (exact) mass is 365 g/mol. The van der Waals surface area contributed by atoms with Crippen molar-refractivity contribution < 1.29 is 9.59 Å². The van der Waals surface area contributed by atoms with Gasteiger partial charge in [-0.05, 0) is 60.7 Å². The lowest BCUT2D eigenvalue weighted by molar-refractivity contribution is 0.0926. The first-order chi connectivity index (χ1) is 12.1. The summed E-state index contributed by atoms with van der Waals surface area (Å²) < 4.78 is 0. The van der Waals surface area contributed by atoms with Crippen LogP contribution in [0.2, 0.25) is 5.02 Å². The molecule has 3 aromatic rings. The van der Waals surface area contributed by atoms with Crippen LogP contribution in [0.4, 0.5) is 5.69 Å². The van der Waals surface area contributed by atoms with Gasteiger partial charge in [-0.1, -0.05) is 35.5 Å². The number of imide groups is 1. The molecule has 25 heavy (non-hydrogen) atoms. The molecule has 5 heteroatoms. The van der Waals surface area contributed by atoms with Crippen LogP contribution in [0.3, 0.4) is 0 Å². The lowest BCUT2D eigenvalue weighted by atomic mass is 10.1. The lowest BCUT2D eigenvalue weighted by Crippen LogP contribution is -2.29. The van der Waals surface area contributed by atoms with E-state index in [-0.39, 0.29) is 11.8 Å². The van der Waals surface area contributed by atoms with Crippen molar-refractivity contribution >= 4 is 40.9 Å². The number of carbonyl (C=O) groups is 2. The summed E-state index contributed by atoms with van der Waals surface area (Å²) in [5.41, 5.74) is 1.48. The zero-order valence-corrected chi connectivity index (χ0v) is 14.6. The highest BCUT2D eigenvalue weighted by atomic mass is 35.5. The fraction of sp³-hybridized carbons (Fsp3) is 0. The number of hydrogen-bond acceptors (Lipinski definition) is 3. The molecule has 0 aliphatic carbocycles. The van der Waals surface area contributed by atoms with E-state index >= 15 is 0 Å². The maximum atomic E-state index is 12.5. The van der Waals surface area contributed by atoms with Gasteiger partial charge in [-0.2, -0.15) is 0 Å². The Kier molecular flexibility index (Phi) is 4.07. The standard InChI is InChI=1S/C20H12ClNO2S/c21-13-5-9-15(10-6-13)25-16-11-7-14(8-12-16)22-19(23)17-3-1-2-4-18(17)20(22)24/h1-12H. The highest BCUT2D eigenvalue weighted by Crippen LogP contribution is 2.32. The van der Waals surface area contributed by atoms with Crippen molar-refractivity contribution in [2.45, 2.75) is 9.79 Å². The first-order valence-electron chi connectivity index (χ1n) is 7.65. The molecule has 0 saturated heterocycles. The first kappa shape index (κ1) is 15.9. The number of hydrogen-bond donors (Lipinski definition) is 0. The number of halogens is 1. The van der Waals surface area contributed by atoms with Crippen LogP contribution in [0, 0.1) is 0 Å². The Hall–Kier alpha value is -2.56. The van der Waals surface area contributed by atoms with E-state index in [1.54, 1.807) is 48.2 Å². The Bertz CT molecular complexity index is 933. The van der Waals surface area contributed by atoms with E-state index < -0.39 is 0 Å². The molecule has 0 saturated carbocycles. The molecule has 122 valence electrons. The number of anilines is 1. The van der Waals surface area contributed by atoms with Crippen molar-refractivity contribution in [2.24, 2.45) is 0 Å². The second-order valence-corrected chi connectivity index (χ2v) is 7.12. The van der Waals surface area contributed by atoms with Crippen LogP contribution in [0.25, 0.3) is 0 Å². The van der Waals surface area contributed by atoms with Gasteiger partial charge in [0.15, 0.2) is 0 Å². The lowest BCUT2D eigenvalue weighted by Gasteiger charge is -2.14. The summed E-state index contributed by atoms with van der Waals surface area (Å²) in [4.78, 5) is 28.3. The molecule has 1 aliphatic rings. The molecule has 0 unspecified atom stereocenters. The van der Waals surface area contributed by atoms with Gasteiger partial charge in [0.1, 0.15) is 0 Å². The van der Waals surface area contributed by atoms with Gasteiger partial charge in [-0.15, -0.1) is 0 Å². The molecule has 1 heterocycles. The molecule has 0 atom stereocenters. The summed E-state index contributed by atoms with van der Waals surface area (Å²) in [5, 5.41) is 0.699. The topological polar surface area (TPSA) is 37.4 Å². The second-order valence-electron chi connectivity index (χ2n) is 5.54. The zero-order chi connectivity index (χ0) is 17.4. The van der Waals surface area contributed by atoms with Crippen LogP contribution in [0.15, 0.2) is 82.6 Å². The first-order valence-corrected chi connectivity index (χ1v) is 8.84. The summed E-state index contributed by atoms with van der Waals surface area (Å²) in [6.07, 6.45) is 0. The Morgan fingerprint density at radius 3 is 1.68 bits per heavy atom. The van der Waals surface area contributed by atoms with Gasteiger partial charge < -0.3 is 0 Å². The highest BCUT2D eigenvalue weighted by molar-refractivity contribution is 7.99. The molecule has 0 bridgehead atoms. The Labute approximate surface area is 154 Å². The largest absolute Gasteiger partial charge is 0.268 e. The van der Waals surface area contributed by atoms with Crippen molar-refractivity contribution in [1.29, 1.82) is 0 Å². The smallest absolute Gasteiger partial charge is 0.266 e.